The molecule has 0 fully saturated rings. The number of halogens is 2. The number of rotatable bonds is 4. The highest BCUT2D eigenvalue weighted by Crippen LogP contribution is 2.23. The molecular weight excluding hydrogens is 261 g/mol. The highest BCUT2D eigenvalue weighted by Gasteiger charge is 2.01. The molecule has 0 amide bonds. The molecule has 0 aliphatic carbocycles. The second-order valence-corrected chi connectivity index (χ2v) is 4.70. The van der Waals surface area contributed by atoms with Gasteiger partial charge in [0.15, 0.2) is 0 Å². The van der Waals surface area contributed by atoms with Crippen LogP contribution < -0.4 is 5.32 Å². The van der Waals surface area contributed by atoms with Gasteiger partial charge >= 0.3 is 0 Å². The molecule has 0 saturated carbocycles. The highest BCUT2D eigenvalue weighted by atomic mass is 79.9. The minimum Gasteiger partial charge on any atom is -0.310 e. The first-order valence-corrected chi connectivity index (χ1v) is 5.98. The first-order chi connectivity index (χ1) is 6.63. The van der Waals surface area contributed by atoms with Crippen LogP contribution in [0, 0.1) is 0 Å². The molecule has 0 aliphatic rings. The van der Waals surface area contributed by atoms with Gasteiger partial charge in [-0.2, -0.15) is 0 Å². The lowest BCUT2D eigenvalue weighted by Crippen LogP contribution is -2.24. The standard InChI is InChI=1S/C11H15BrClN/c1-3-8(2)14-7-9-4-5-11(13)10(12)6-9/h4-6,8,14H,3,7H2,1-2H3. The summed E-state index contributed by atoms with van der Waals surface area (Å²) >= 11 is 9.31. The Morgan fingerprint density at radius 3 is 2.79 bits per heavy atom. The van der Waals surface area contributed by atoms with E-state index in [1.807, 2.05) is 12.1 Å². The SMILES string of the molecule is CCC(C)NCc1ccc(Cl)c(Br)c1. The first kappa shape index (κ1) is 12.0. The average Bonchev–Trinajstić information content (AvgIpc) is 2.19. The maximum absolute atomic E-state index is 5.90. The van der Waals surface area contributed by atoms with Gasteiger partial charge in [-0.05, 0) is 47.0 Å². The van der Waals surface area contributed by atoms with Crippen molar-refractivity contribution < 1.29 is 0 Å². The van der Waals surface area contributed by atoms with Crippen molar-refractivity contribution in [1.82, 2.24) is 5.32 Å². The Labute approximate surface area is 99.0 Å². The van der Waals surface area contributed by atoms with Crippen LogP contribution in [0.2, 0.25) is 5.02 Å². The molecule has 1 unspecified atom stereocenters. The molecule has 0 radical (unpaired) electrons. The van der Waals surface area contributed by atoms with Gasteiger partial charge in [0.05, 0.1) is 5.02 Å². The molecule has 1 rings (SSSR count). The van der Waals surface area contributed by atoms with Crippen LogP contribution in [0.25, 0.3) is 0 Å². The van der Waals surface area contributed by atoms with Crippen LogP contribution in [-0.2, 0) is 6.54 Å². The quantitative estimate of drug-likeness (QED) is 0.877. The van der Waals surface area contributed by atoms with E-state index in [4.69, 9.17) is 11.6 Å². The first-order valence-electron chi connectivity index (χ1n) is 4.80. The van der Waals surface area contributed by atoms with Crippen LogP contribution in [-0.4, -0.2) is 6.04 Å². The van der Waals surface area contributed by atoms with Crippen molar-refractivity contribution in [2.24, 2.45) is 0 Å². The fourth-order valence-corrected chi connectivity index (χ4v) is 1.63. The molecule has 1 N–H and O–H groups in total. The minimum atomic E-state index is 0.560. The van der Waals surface area contributed by atoms with E-state index in [1.165, 1.54) is 5.56 Å². The van der Waals surface area contributed by atoms with Gasteiger partial charge in [0.1, 0.15) is 0 Å². The van der Waals surface area contributed by atoms with Crippen molar-refractivity contribution in [3.8, 4) is 0 Å². The number of hydrogen-bond donors (Lipinski definition) is 1. The summed E-state index contributed by atoms with van der Waals surface area (Å²) in [4.78, 5) is 0. The summed E-state index contributed by atoms with van der Waals surface area (Å²) in [5, 5.41) is 4.19. The molecule has 0 aliphatic heterocycles. The number of nitrogens with one attached hydrogen (secondary N) is 1. The van der Waals surface area contributed by atoms with Crippen LogP contribution in [0.5, 0.6) is 0 Å². The second kappa shape index (κ2) is 5.74. The Morgan fingerprint density at radius 2 is 2.21 bits per heavy atom. The molecule has 1 nitrogen and oxygen atoms in total. The molecule has 1 atom stereocenters. The van der Waals surface area contributed by atoms with E-state index < -0.39 is 0 Å². The van der Waals surface area contributed by atoms with Crippen LogP contribution in [0.3, 0.4) is 0 Å². The van der Waals surface area contributed by atoms with Crippen LogP contribution >= 0.6 is 27.5 Å². The van der Waals surface area contributed by atoms with E-state index in [2.05, 4.69) is 41.2 Å². The molecule has 3 heteroatoms. The molecule has 78 valence electrons. The smallest absolute Gasteiger partial charge is 0.0548 e. The summed E-state index contributed by atoms with van der Waals surface area (Å²) in [6.07, 6.45) is 1.15. The zero-order chi connectivity index (χ0) is 10.6. The average molecular weight is 277 g/mol. The predicted molar refractivity (Wildman–Crippen MR) is 65.7 cm³/mol. The van der Waals surface area contributed by atoms with Gasteiger partial charge in [0.2, 0.25) is 0 Å². The monoisotopic (exact) mass is 275 g/mol. The molecule has 0 bridgehead atoms. The maximum atomic E-state index is 5.90. The molecule has 0 heterocycles. The zero-order valence-corrected chi connectivity index (χ0v) is 10.8. The Balaban J connectivity index is 2.55. The highest BCUT2D eigenvalue weighted by molar-refractivity contribution is 9.10. The van der Waals surface area contributed by atoms with Gasteiger partial charge in [-0.1, -0.05) is 24.6 Å². The normalized spacial score (nSPS) is 12.9. The Kier molecular flexibility index (Phi) is 4.93. The van der Waals surface area contributed by atoms with Gasteiger partial charge in [-0.25, -0.2) is 0 Å². The van der Waals surface area contributed by atoms with E-state index >= 15 is 0 Å². The largest absolute Gasteiger partial charge is 0.310 e. The van der Waals surface area contributed by atoms with Crippen molar-refractivity contribution in [3.63, 3.8) is 0 Å². The zero-order valence-electron chi connectivity index (χ0n) is 8.48. The van der Waals surface area contributed by atoms with Crippen molar-refractivity contribution in [2.45, 2.75) is 32.9 Å². The van der Waals surface area contributed by atoms with Gasteiger partial charge in [-0.3, -0.25) is 0 Å². The fourth-order valence-electron chi connectivity index (χ4n) is 1.09. The summed E-state index contributed by atoms with van der Waals surface area (Å²) in [7, 11) is 0. The Bertz CT molecular complexity index is 301. The lowest BCUT2D eigenvalue weighted by molar-refractivity contribution is 0.534. The van der Waals surface area contributed by atoms with Gasteiger partial charge in [-0.15, -0.1) is 0 Å². The summed E-state index contributed by atoms with van der Waals surface area (Å²) in [5.74, 6) is 0. The molecule has 0 saturated heterocycles. The molecule has 0 aromatic heterocycles. The maximum Gasteiger partial charge on any atom is 0.0548 e. The number of benzene rings is 1. The van der Waals surface area contributed by atoms with Crippen molar-refractivity contribution in [2.75, 3.05) is 0 Å². The summed E-state index contributed by atoms with van der Waals surface area (Å²) in [6, 6.07) is 6.57. The summed E-state index contributed by atoms with van der Waals surface area (Å²) in [6.45, 7) is 5.26. The lowest BCUT2D eigenvalue weighted by atomic mass is 10.2. The van der Waals surface area contributed by atoms with Crippen LogP contribution in [0.1, 0.15) is 25.8 Å². The molecule has 1 aromatic carbocycles. The van der Waals surface area contributed by atoms with Crippen molar-refractivity contribution in [3.05, 3.63) is 33.3 Å². The molecule has 1 aromatic rings. The molecule has 14 heavy (non-hydrogen) atoms. The van der Waals surface area contributed by atoms with Crippen molar-refractivity contribution in [1.29, 1.82) is 0 Å². The van der Waals surface area contributed by atoms with E-state index in [-0.39, 0.29) is 0 Å². The topological polar surface area (TPSA) is 12.0 Å². The third-order valence-corrected chi connectivity index (χ3v) is 3.46. The van der Waals surface area contributed by atoms with E-state index in [9.17, 15) is 0 Å². The lowest BCUT2D eigenvalue weighted by Gasteiger charge is -2.11. The van der Waals surface area contributed by atoms with E-state index in [0.29, 0.717) is 6.04 Å². The third-order valence-electron chi connectivity index (χ3n) is 2.25. The van der Waals surface area contributed by atoms with Crippen molar-refractivity contribution >= 4 is 27.5 Å². The molecule has 0 spiro atoms. The summed E-state index contributed by atoms with van der Waals surface area (Å²) < 4.78 is 0.961. The van der Waals surface area contributed by atoms with Gasteiger partial charge in [0, 0.05) is 17.1 Å². The number of hydrogen-bond acceptors (Lipinski definition) is 1. The van der Waals surface area contributed by atoms with Crippen LogP contribution in [0.15, 0.2) is 22.7 Å². The van der Waals surface area contributed by atoms with Gasteiger partial charge in [0.25, 0.3) is 0 Å². The third kappa shape index (κ3) is 3.60. The molecular formula is C11H15BrClN. The minimum absolute atomic E-state index is 0.560. The fraction of sp³-hybridized carbons (Fsp3) is 0.455. The van der Waals surface area contributed by atoms with Crippen LogP contribution in [0.4, 0.5) is 0 Å². The van der Waals surface area contributed by atoms with Gasteiger partial charge < -0.3 is 5.32 Å². The van der Waals surface area contributed by atoms with E-state index in [1.54, 1.807) is 0 Å². The van der Waals surface area contributed by atoms with E-state index in [0.717, 1.165) is 22.5 Å². The Morgan fingerprint density at radius 1 is 1.50 bits per heavy atom. The second-order valence-electron chi connectivity index (χ2n) is 3.44. The Hall–Kier alpha value is -0.0500. The predicted octanol–water partition coefficient (Wildman–Crippen LogP) is 3.99. The summed E-state index contributed by atoms with van der Waals surface area (Å²) in [5.41, 5.74) is 1.25.